The monoisotopic (exact) mass is 209 g/mol. The van der Waals surface area contributed by atoms with E-state index in [1.165, 1.54) is 18.3 Å². The summed E-state index contributed by atoms with van der Waals surface area (Å²) in [6, 6.07) is 2.94. The van der Waals surface area contributed by atoms with Crippen LogP contribution in [0.5, 0.6) is 0 Å². The minimum absolute atomic E-state index is 0.0204. The Hall–Kier alpha value is -1.69. The summed E-state index contributed by atoms with van der Waals surface area (Å²) in [5, 5.41) is 20.2. The molecule has 2 heterocycles. The Morgan fingerprint density at radius 3 is 2.87 bits per heavy atom. The van der Waals surface area contributed by atoms with Gasteiger partial charge in [0.2, 0.25) is 5.82 Å². The molecule has 0 bridgehead atoms. The summed E-state index contributed by atoms with van der Waals surface area (Å²) < 4.78 is 0. The second kappa shape index (κ2) is 3.16. The SMILES string of the molecule is CC1(O)CN(c2ncccc2[N+](=O)[O-])C1. The third-order valence-corrected chi connectivity index (χ3v) is 2.33. The summed E-state index contributed by atoms with van der Waals surface area (Å²) >= 11 is 0. The predicted molar refractivity (Wildman–Crippen MR) is 53.7 cm³/mol. The van der Waals surface area contributed by atoms with Gasteiger partial charge in [0.05, 0.1) is 10.5 Å². The fourth-order valence-electron chi connectivity index (χ4n) is 1.70. The normalized spacial score (nSPS) is 18.4. The van der Waals surface area contributed by atoms with Gasteiger partial charge in [-0.2, -0.15) is 0 Å². The molecule has 1 aromatic heterocycles. The Balaban J connectivity index is 2.26. The zero-order chi connectivity index (χ0) is 11.1. The molecule has 2 rings (SSSR count). The number of pyridine rings is 1. The Labute approximate surface area is 86.3 Å². The van der Waals surface area contributed by atoms with Gasteiger partial charge in [-0.3, -0.25) is 10.1 Å². The van der Waals surface area contributed by atoms with Gasteiger partial charge < -0.3 is 10.0 Å². The maximum absolute atomic E-state index is 10.7. The van der Waals surface area contributed by atoms with Crippen molar-refractivity contribution in [3.63, 3.8) is 0 Å². The van der Waals surface area contributed by atoms with E-state index >= 15 is 0 Å². The maximum atomic E-state index is 10.7. The van der Waals surface area contributed by atoms with Crippen LogP contribution in [0.1, 0.15) is 6.92 Å². The zero-order valence-corrected chi connectivity index (χ0v) is 8.25. The summed E-state index contributed by atoms with van der Waals surface area (Å²) in [6.07, 6.45) is 1.51. The third kappa shape index (κ3) is 1.75. The summed E-state index contributed by atoms with van der Waals surface area (Å²) in [5.41, 5.74) is -0.779. The smallest absolute Gasteiger partial charge is 0.311 e. The van der Waals surface area contributed by atoms with E-state index in [1.54, 1.807) is 11.8 Å². The number of nitrogens with zero attached hydrogens (tertiary/aromatic N) is 3. The van der Waals surface area contributed by atoms with E-state index in [2.05, 4.69) is 4.98 Å². The van der Waals surface area contributed by atoms with Crippen molar-refractivity contribution < 1.29 is 10.0 Å². The highest BCUT2D eigenvalue weighted by atomic mass is 16.6. The lowest BCUT2D eigenvalue weighted by atomic mass is 9.97. The summed E-state index contributed by atoms with van der Waals surface area (Å²) in [6.45, 7) is 2.45. The van der Waals surface area contributed by atoms with Crippen molar-refractivity contribution in [1.29, 1.82) is 0 Å². The highest BCUT2D eigenvalue weighted by Gasteiger charge is 2.39. The van der Waals surface area contributed by atoms with E-state index in [0.29, 0.717) is 18.9 Å². The first kappa shape index (κ1) is 9.85. The fraction of sp³-hybridized carbons (Fsp3) is 0.444. The second-order valence-electron chi connectivity index (χ2n) is 3.96. The number of aliphatic hydroxyl groups is 1. The molecular formula is C9H11N3O3. The Morgan fingerprint density at radius 1 is 1.67 bits per heavy atom. The van der Waals surface area contributed by atoms with Crippen LogP contribution in [0.2, 0.25) is 0 Å². The zero-order valence-electron chi connectivity index (χ0n) is 8.25. The van der Waals surface area contributed by atoms with Gasteiger partial charge in [-0.1, -0.05) is 0 Å². The van der Waals surface area contributed by atoms with E-state index in [4.69, 9.17) is 0 Å². The largest absolute Gasteiger partial charge is 0.386 e. The van der Waals surface area contributed by atoms with Crippen LogP contribution in [0.3, 0.4) is 0 Å². The van der Waals surface area contributed by atoms with E-state index in [-0.39, 0.29) is 5.69 Å². The molecule has 0 unspecified atom stereocenters. The number of β-amino-alcohol motifs (C(OH)–C–C–N with tert-alkyl or cyclic N) is 1. The molecule has 0 atom stereocenters. The number of rotatable bonds is 2. The van der Waals surface area contributed by atoms with Crippen LogP contribution in [-0.2, 0) is 0 Å². The Bertz CT molecular complexity index is 397. The first-order valence-corrected chi connectivity index (χ1v) is 4.56. The van der Waals surface area contributed by atoms with Gasteiger partial charge in [0.1, 0.15) is 0 Å². The topological polar surface area (TPSA) is 79.5 Å². The lowest BCUT2D eigenvalue weighted by molar-refractivity contribution is -0.384. The third-order valence-electron chi connectivity index (χ3n) is 2.33. The fourth-order valence-corrected chi connectivity index (χ4v) is 1.70. The lowest BCUT2D eigenvalue weighted by Crippen LogP contribution is -2.60. The molecule has 0 amide bonds. The average molecular weight is 209 g/mol. The van der Waals surface area contributed by atoms with E-state index in [1.807, 2.05) is 0 Å². The highest BCUT2D eigenvalue weighted by Crippen LogP contribution is 2.31. The first-order valence-electron chi connectivity index (χ1n) is 4.56. The summed E-state index contributed by atoms with van der Waals surface area (Å²) in [7, 11) is 0. The highest BCUT2D eigenvalue weighted by molar-refractivity contribution is 5.59. The number of hydrogen-bond acceptors (Lipinski definition) is 5. The quantitative estimate of drug-likeness (QED) is 0.568. The first-order chi connectivity index (χ1) is 6.99. The van der Waals surface area contributed by atoms with Gasteiger partial charge >= 0.3 is 5.69 Å². The number of nitro groups is 1. The Kier molecular flexibility index (Phi) is 2.08. The lowest BCUT2D eigenvalue weighted by Gasteiger charge is -2.44. The predicted octanol–water partition coefficient (Wildman–Crippen LogP) is 0.561. The van der Waals surface area contributed by atoms with E-state index < -0.39 is 10.5 Å². The molecule has 0 radical (unpaired) electrons. The summed E-state index contributed by atoms with van der Waals surface area (Å²) in [5.74, 6) is 0.328. The molecule has 1 aromatic rings. The van der Waals surface area contributed by atoms with Crippen molar-refractivity contribution in [3.05, 3.63) is 28.4 Å². The Morgan fingerprint density at radius 2 is 2.33 bits per heavy atom. The van der Waals surface area contributed by atoms with Crippen LogP contribution >= 0.6 is 0 Å². The molecule has 6 heteroatoms. The van der Waals surface area contributed by atoms with Gasteiger partial charge in [-0.25, -0.2) is 4.98 Å². The van der Waals surface area contributed by atoms with E-state index in [0.717, 1.165) is 0 Å². The molecule has 0 spiro atoms. The number of anilines is 1. The minimum Gasteiger partial charge on any atom is -0.386 e. The van der Waals surface area contributed by atoms with Crippen molar-refractivity contribution in [1.82, 2.24) is 4.98 Å². The molecular weight excluding hydrogens is 198 g/mol. The van der Waals surface area contributed by atoms with Crippen LogP contribution in [-0.4, -0.2) is 33.7 Å². The van der Waals surface area contributed by atoms with Gasteiger partial charge in [-0.15, -0.1) is 0 Å². The van der Waals surface area contributed by atoms with Crippen molar-refractivity contribution >= 4 is 11.5 Å². The van der Waals surface area contributed by atoms with Crippen LogP contribution in [0, 0.1) is 10.1 Å². The van der Waals surface area contributed by atoms with Gasteiger partial charge in [0.25, 0.3) is 0 Å². The van der Waals surface area contributed by atoms with Crippen LogP contribution in [0.25, 0.3) is 0 Å². The molecule has 0 aliphatic carbocycles. The number of aromatic nitrogens is 1. The molecule has 0 aromatic carbocycles. The molecule has 80 valence electrons. The van der Waals surface area contributed by atoms with Crippen LogP contribution in [0.15, 0.2) is 18.3 Å². The van der Waals surface area contributed by atoms with Gasteiger partial charge in [0.15, 0.2) is 0 Å². The van der Waals surface area contributed by atoms with Crippen molar-refractivity contribution in [3.8, 4) is 0 Å². The second-order valence-corrected chi connectivity index (χ2v) is 3.96. The van der Waals surface area contributed by atoms with Crippen molar-refractivity contribution in [2.45, 2.75) is 12.5 Å². The van der Waals surface area contributed by atoms with Crippen LogP contribution < -0.4 is 4.90 Å². The standard InChI is InChI=1S/C9H11N3O3/c1-9(13)5-11(6-9)8-7(12(14)15)3-2-4-10-8/h2-4,13H,5-6H2,1H3. The molecule has 6 nitrogen and oxygen atoms in total. The molecule has 0 saturated carbocycles. The molecule has 15 heavy (non-hydrogen) atoms. The molecule has 1 saturated heterocycles. The maximum Gasteiger partial charge on any atom is 0.311 e. The average Bonchev–Trinajstić information content (AvgIpc) is 2.14. The molecule has 1 N–H and O–H groups in total. The minimum atomic E-state index is -0.759. The molecule has 1 aliphatic heterocycles. The van der Waals surface area contributed by atoms with Crippen molar-refractivity contribution in [2.75, 3.05) is 18.0 Å². The summed E-state index contributed by atoms with van der Waals surface area (Å²) in [4.78, 5) is 15.9. The van der Waals surface area contributed by atoms with Gasteiger partial charge in [0, 0.05) is 25.4 Å². The number of hydrogen-bond donors (Lipinski definition) is 1. The van der Waals surface area contributed by atoms with Gasteiger partial charge in [-0.05, 0) is 13.0 Å². The van der Waals surface area contributed by atoms with Crippen molar-refractivity contribution in [2.24, 2.45) is 0 Å². The van der Waals surface area contributed by atoms with E-state index in [9.17, 15) is 15.2 Å². The molecule has 1 fully saturated rings. The van der Waals surface area contributed by atoms with Crippen LogP contribution in [0.4, 0.5) is 11.5 Å². The molecule has 1 aliphatic rings.